The number of carbonyl (C=O) groups is 2. The van der Waals surface area contributed by atoms with Crippen LogP contribution >= 0.6 is 0 Å². The second-order valence-electron chi connectivity index (χ2n) is 6.94. The molecule has 0 radical (unpaired) electrons. The van der Waals surface area contributed by atoms with Crippen LogP contribution in [0.5, 0.6) is 0 Å². The van der Waals surface area contributed by atoms with Crippen LogP contribution in [0, 0.1) is 5.41 Å². The standard InChI is InChI=1S/C19H28N2O4/c1-19(17(22)23)11-12-21(14-19)18(24)20-16(10-6-7-13-25-2)15-8-4-3-5-9-15/h3-5,8-9,16H,6-7,10-14H2,1-2H3,(H,20,24)(H,22,23). The highest BCUT2D eigenvalue weighted by Gasteiger charge is 2.42. The second-order valence-corrected chi connectivity index (χ2v) is 6.94. The van der Waals surface area contributed by atoms with Gasteiger partial charge in [-0.1, -0.05) is 30.3 Å². The molecule has 0 bridgehead atoms. The van der Waals surface area contributed by atoms with Gasteiger partial charge in [-0.05, 0) is 38.2 Å². The van der Waals surface area contributed by atoms with Crippen LogP contribution in [-0.4, -0.2) is 48.8 Å². The maximum Gasteiger partial charge on any atom is 0.317 e. The molecule has 1 aromatic carbocycles. The molecule has 0 aromatic heterocycles. The molecule has 1 aliphatic heterocycles. The maximum absolute atomic E-state index is 12.6. The van der Waals surface area contributed by atoms with Crippen molar-refractivity contribution in [2.24, 2.45) is 5.41 Å². The minimum absolute atomic E-state index is 0.0813. The summed E-state index contributed by atoms with van der Waals surface area (Å²) in [7, 11) is 1.68. The normalized spacial score (nSPS) is 21.1. The Morgan fingerprint density at radius 1 is 1.32 bits per heavy atom. The van der Waals surface area contributed by atoms with E-state index < -0.39 is 11.4 Å². The molecule has 2 atom stereocenters. The Balaban J connectivity index is 1.98. The SMILES string of the molecule is COCCCCC(NC(=O)N1CCC(C)(C(=O)O)C1)c1ccccc1. The molecule has 6 nitrogen and oxygen atoms in total. The van der Waals surface area contributed by atoms with Crippen LogP contribution in [-0.2, 0) is 9.53 Å². The lowest BCUT2D eigenvalue weighted by Gasteiger charge is -2.25. The van der Waals surface area contributed by atoms with Crippen molar-refractivity contribution >= 4 is 12.0 Å². The average molecular weight is 348 g/mol. The lowest BCUT2D eigenvalue weighted by molar-refractivity contribution is -0.147. The Bertz CT molecular complexity index is 578. The van der Waals surface area contributed by atoms with Crippen LogP contribution < -0.4 is 5.32 Å². The van der Waals surface area contributed by atoms with E-state index in [4.69, 9.17) is 4.74 Å². The van der Waals surface area contributed by atoms with E-state index in [-0.39, 0.29) is 18.6 Å². The topological polar surface area (TPSA) is 78.9 Å². The van der Waals surface area contributed by atoms with Gasteiger partial charge in [-0.25, -0.2) is 4.79 Å². The number of nitrogens with one attached hydrogen (secondary N) is 1. The molecular weight excluding hydrogens is 320 g/mol. The molecule has 0 spiro atoms. The summed E-state index contributed by atoms with van der Waals surface area (Å²) in [5.74, 6) is -0.845. The molecule has 25 heavy (non-hydrogen) atoms. The van der Waals surface area contributed by atoms with Crippen LogP contribution in [0.1, 0.15) is 44.2 Å². The highest BCUT2D eigenvalue weighted by atomic mass is 16.5. The number of likely N-dealkylation sites (tertiary alicyclic amines) is 1. The van der Waals surface area contributed by atoms with E-state index in [1.807, 2.05) is 30.3 Å². The number of benzene rings is 1. The van der Waals surface area contributed by atoms with Gasteiger partial charge in [0.1, 0.15) is 0 Å². The number of unbranched alkanes of at least 4 members (excludes halogenated alkanes) is 1. The van der Waals surface area contributed by atoms with Crippen molar-refractivity contribution in [1.29, 1.82) is 0 Å². The number of aliphatic carboxylic acids is 1. The number of amides is 2. The molecular formula is C19H28N2O4. The van der Waals surface area contributed by atoms with E-state index in [9.17, 15) is 14.7 Å². The molecule has 2 rings (SSSR count). The van der Waals surface area contributed by atoms with Crippen LogP contribution in [0.2, 0.25) is 0 Å². The first-order valence-electron chi connectivity index (χ1n) is 8.79. The summed E-state index contributed by atoms with van der Waals surface area (Å²) in [5.41, 5.74) is 0.214. The molecule has 1 heterocycles. The van der Waals surface area contributed by atoms with Gasteiger partial charge in [-0.2, -0.15) is 0 Å². The fraction of sp³-hybridized carbons (Fsp3) is 0.579. The number of hydrogen-bond acceptors (Lipinski definition) is 3. The highest BCUT2D eigenvalue weighted by molar-refractivity contribution is 5.79. The van der Waals surface area contributed by atoms with Crippen LogP contribution in [0.25, 0.3) is 0 Å². The summed E-state index contributed by atoms with van der Waals surface area (Å²) in [5, 5.41) is 12.4. The van der Waals surface area contributed by atoms with Crippen molar-refractivity contribution < 1.29 is 19.4 Å². The summed E-state index contributed by atoms with van der Waals surface area (Å²) < 4.78 is 5.09. The van der Waals surface area contributed by atoms with E-state index in [0.717, 1.165) is 24.8 Å². The fourth-order valence-corrected chi connectivity index (χ4v) is 3.15. The number of methoxy groups -OCH3 is 1. The maximum atomic E-state index is 12.6. The first kappa shape index (κ1) is 19.2. The van der Waals surface area contributed by atoms with Crippen LogP contribution in [0.3, 0.4) is 0 Å². The number of carboxylic acids is 1. The molecule has 2 N–H and O–H groups in total. The molecule has 0 saturated carbocycles. The molecule has 1 saturated heterocycles. The van der Waals surface area contributed by atoms with Gasteiger partial charge in [-0.3, -0.25) is 4.79 Å². The van der Waals surface area contributed by atoms with E-state index in [1.54, 1.807) is 18.9 Å². The first-order valence-corrected chi connectivity index (χ1v) is 8.79. The quantitative estimate of drug-likeness (QED) is 0.708. The van der Waals surface area contributed by atoms with Crippen molar-refractivity contribution in [2.45, 2.75) is 38.6 Å². The summed E-state index contributed by atoms with van der Waals surface area (Å²) in [6.45, 7) is 3.12. The molecule has 2 amide bonds. The summed E-state index contributed by atoms with van der Waals surface area (Å²) in [4.78, 5) is 25.6. The summed E-state index contributed by atoms with van der Waals surface area (Å²) >= 11 is 0. The van der Waals surface area contributed by atoms with Gasteiger partial charge >= 0.3 is 12.0 Å². The molecule has 6 heteroatoms. The second kappa shape index (κ2) is 8.85. The Kier molecular flexibility index (Phi) is 6.82. The minimum atomic E-state index is -0.849. The van der Waals surface area contributed by atoms with Crippen LogP contribution in [0.4, 0.5) is 4.79 Å². The lowest BCUT2D eigenvalue weighted by Crippen LogP contribution is -2.42. The number of nitrogens with zero attached hydrogens (tertiary/aromatic N) is 1. The number of urea groups is 1. The predicted octanol–water partition coefficient (Wildman–Crippen LogP) is 3.05. The van der Waals surface area contributed by atoms with Gasteiger partial charge < -0.3 is 20.1 Å². The van der Waals surface area contributed by atoms with Gasteiger partial charge in [0.25, 0.3) is 0 Å². The lowest BCUT2D eigenvalue weighted by atomic mass is 9.90. The highest BCUT2D eigenvalue weighted by Crippen LogP contribution is 2.30. The average Bonchev–Trinajstić information content (AvgIpc) is 3.02. The number of carbonyl (C=O) groups excluding carboxylic acids is 1. The van der Waals surface area contributed by atoms with Crippen molar-refractivity contribution in [1.82, 2.24) is 10.2 Å². The molecule has 0 aliphatic carbocycles. The molecule has 1 aromatic rings. The number of hydrogen-bond donors (Lipinski definition) is 2. The zero-order valence-electron chi connectivity index (χ0n) is 15.0. The van der Waals surface area contributed by atoms with Crippen molar-refractivity contribution in [2.75, 3.05) is 26.8 Å². The van der Waals surface area contributed by atoms with E-state index >= 15 is 0 Å². The number of rotatable bonds is 8. The molecule has 2 unspecified atom stereocenters. The fourth-order valence-electron chi connectivity index (χ4n) is 3.15. The van der Waals surface area contributed by atoms with Crippen molar-refractivity contribution in [3.63, 3.8) is 0 Å². The largest absolute Gasteiger partial charge is 0.481 e. The Hall–Kier alpha value is -2.08. The predicted molar refractivity (Wildman–Crippen MR) is 95.4 cm³/mol. The molecule has 1 aliphatic rings. The van der Waals surface area contributed by atoms with E-state index in [1.165, 1.54) is 0 Å². The van der Waals surface area contributed by atoms with E-state index in [2.05, 4.69) is 5.32 Å². The Morgan fingerprint density at radius 2 is 2.04 bits per heavy atom. The third kappa shape index (κ3) is 5.19. The van der Waals surface area contributed by atoms with Gasteiger partial charge in [0.15, 0.2) is 0 Å². The van der Waals surface area contributed by atoms with Crippen molar-refractivity contribution in [3.05, 3.63) is 35.9 Å². The number of carboxylic acid groups (broad SMARTS) is 1. The number of ether oxygens (including phenoxy) is 1. The van der Waals surface area contributed by atoms with Gasteiger partial charge in [0, 0.05) is 26.8 Å². The van der Waals surface area contributed by atoms with Crippen LogP contribution in [0.15, 0.2) is 30.3 Å². The first-order chi connectivity index (χ1) is 12.0. The Labute approximate surface area is 149 Å². The van der Waals surface area contributed by atoms with Crippen molar-refractivity contribution in [3.8, 4) is 0 Å². The zero-order chi connectivity index (χ0) is 18.3. The monoisotopic (exact) mass is 348 g/mol. The summed E-state index contributed by atoms with van der Waals surface area (Å²) in [6.07, 6.45) is 3.19. The summed E-state index contributed by atoms with van der Waals surface area (Å²) in [6, 6.07) is 9.61. The third-order valence-corrected chi connectivity index (χ3v) is 4.87. The van der Waals surface area contributed by atoms with Gasteiger partial charge in [0.2, 0.25) is 0 Å². The smallest absolute Gasteiger partial charge is 0.317 e. The third-order valence-electron chi connectivity index (χ3n) is 4.87. The minimum Gasteiger partial charge on any atom is -0.481 e. The van der Waals surface area contributed by atoms with E-state index in [0.29, 0.717) is 19.6 Å². The zero-order valence-corrected chi connectivity index (χ0v) is 15.0. The Morgan fingerprint density at radius 3 is 2.64 bits per heavy atom. The molecule has 1 fully saturated rings. The van der Waals surface area contributed by atoms with Gasteiger partial charge in [0.05, 0.1) is 11.5 Å². The molecule has 138 valence electrons. The van der Waals surface area contributed by atoms with Gasteiger partial charge in [-0.15, -0.1) is 0 Å².